The predicted octanol–water partition coefficient (Wildman–Crippen LogP) is -6.13. The summed E-state index contributed by atoms with van der Waals surface area (Å²) in [5.74, 6) is -2.19. The Morgan fingerprint density at radius 3 is 2.35 bits per heavy atom. The van der Waals surface area contributed by atoms with E-state index in [4.69, 9.17) is 5.73 Å². The second-order valence-electron chi connectivity index (χ2n) is 3.18. The van der Waals surface area contributed by atoms with Crippen molar-refractivity contribution < 1.29 is 74.1 Å². The van der Waals surface area contributed by atoms with E-state index in [-0.39, 0.29) is 64.8 Å². The van der Waals surface area contributed by atoms with E-state index in [0.717, 1.165) is 0 Å². The Balaban J connectivity index is 0.00000128. The minimum absolute atomic E-state index is 0. The quantitative estimate of drug-likeness (QED) is 0.401. The van der Waals surface area contributed by atoms with Crippen molar-refractivity contribution in [3.05, 3.63) is 35.9 Å². The number of carboxylic acids is 1. The number of anilines is 1. The molecule has 0 fully saturated rings. The molecule has 2 aromatic carbocycles. The standard InChI is InChI=1S/C11H9NO3.2Na/c12-9-7-4-2-1-3-6(7)5-8(10(9)13)11(14)15;;/h1-5,13H,12H2,(H,14,15);;/q;2*+1/p-2. The van der Waals surface area contributed by atoms with Crippen molar-refractivity contribution in [2.45, 2.75) is 0 Å². The molecule has 0 heterocycles. The molecule has 0 radical (unpaired) electrons. The molecule has 0 aliphatic heterocycles. The predicted molar refractivity (Wildman–Crippen MR) is 52.1 cm³/mol. The Morgan fingerprint density at radius 2 is 1.76 bits per heavy atom. The van der Waals surface area contributed by atoms with Gasteiger partial charge in [0.25, 0.3) is 0 Å². The molecule has 6 heteroatoms. The van der Waals surface area contributed by atoms with E-state index >= 15 is 0 Å². The molecular weight excluding hydrogens is 240 g/mol. The van der Waals surface area contributed by atoms with E-state index in [1.165, 1.54) is 6.07 Å². The van der Waals surface area contributed by atoms with Crippen LogP contribution < -0.4 is 75.1 Å². The zero-order chi connectivity index (χ0) is 11.0. The minimum atomic E-state index is -1.50. The average molecular weight is 247 g/mol. The number of carbonyl (C=O) groups excluding carboxylic acids is 1. The van der Waals surface area contributed by atoms with Crippen LogP contribution in [0.1, 0.15) is 10.4 Å². The van der Waals surface area contributed by atoms with Crippen molar-refractivity contribution in [1.82, 2.24) is 0 Å². The summed E-state index contributed by atoms with van der Waals surface area (Å²) in [4.78, 5) is 10.7. The first-order valence-electron chi connectivity index (χ1n) is 4.31. The van der Waals surface area contributed by atoms with Crippen LogP contribution in [0.3, 0.4) is 0 Å². The molecule has 0 saturated heterocycles. The van der Waals surface area contributed by atoms with Crippen molar-refractivity contribution in [2.24, 2.45) is 0 Å². The first kappa shape index (κ1) is 16.8. The van der Waals surface area contributed by atoms with Gasteiger partial charge in [0, 0.05) is 11.1 Å². The zero-order valence-electron chi connectivity index (χ0n) is 9.69. The minimum Gasteiger partial charge on any atom is -0.871 e. The molecule has 2 N–H and O–H groups in total. The van der Waals surface area contributed by atoms with Gasteiger partial charge in [-0.15, -0.1) is 0 Å². The molecule has 0 spiro atoms. The molecule has 0 aliphatic rings. The molecule has 2 aromatic rings. The molecule has 0 aliphatic carbocycles. The molecule has 0 aromatic heterocycles. The third kappa shape index (κ3) is 3.16. The fourth-order valence-corrected chi connectivity index (χ4v) is 1.51. The smallest absolute Gasteiger partial charge is 0.871 e. The summed E-state index contributed by atoms with van der Waals surface area (Å²) < 4.78 is 0. The van der Waals surface area contributed by atoms with Crippen LogP contribution in [0.15, 0.2) is 30.3 Å². The number of nitrogen functional groups attached to an aromatic ring is 1. The second-order valence-corrected chi connectivity index (χ2v) is 3.18. The number of hydrogen-bond acceptors (Lipinski definition) is 4. The molecular formula is C11H7NNa2O3. The molecule has 4 nitrogen and oxygen atoms in total. The van der Waals surface area contributed by atoms with E-state index in [0.29, 0.717) is 10.8 Å². The van der Waals surface area contributed by atoms with Crippen molar-refractivity contribution in [3.63, 3.8) is 0 Å². The van der Waals surface area contributed by atoms with E-state index < -0.39 is 17.3 Å². The van der Waals surface area contributed by atoms with Crippen LogP contribution in [-0.2, 0) is 0 Å². The first-order chi connectivity index (χ1) is 7.11. The fraction of sp³-hybridized carbons (Fsp3) is 0. The van der Waals surface area contributed by atoms with Gasteiger partial charge < -0.3 is 20.7 Å². The summed E-state index contributed by atoms with van der Waals surface area (Å²) in [6.45, 7) is 0. The molecule has 0 bridgehead atoms. The monoisotopic (exact) mass is 247 g/mol. The molecule has 2 rings (SSSR count). The maximum Gasteiger partial charge on any atom is 1.00 e. The Bertz CT molecular complexity index is 558. The van der Waals surface area contributed by atoms with Gasteiger partial charge >= 0.3 is 59.1 Å². The number of fused-ring (bicyclic) bond motifs is 1. The van der Waals surface area contributed by atoms with Gasteiger partial charge in [-0.1, -0.05) is 30.0 Å². The number of benzene rings is 2. The molecule has 0 unspecified atom stereocenters. The number of carbonyl (C=O) groups is 1. The van der Waals surface area contributed by atoms with Crippen molar-refractivity contribution in [2.75, 3.05) is 5.73 Å². The summed E-state index contributed by atoms with van der Waals surface area (Å²) in [6.07, 6.45) is 0. The zero-order valence-corrected chi connectivity index (χ0v) is 13.7. The van der Waals surface area contributed by atoms with E-state index in [1.807, 2.05) is 0 Å². The topological polar surface area (TPSA) is 89.2 Å². The largest absolute Gasteiger partial charge is 1.00 e. The van der Waals surface area contributed by atoms with Gasteiger partial charge in [-0.05, 0) is 17.0 Å². The molecule has 0 saturated carbocycles. The maximum atomic E-state index is 11.5. The number of rotatable bonds is 1. The second kappa shape index (κ2) is 6.64. The Morgan fingerprint density at radius 1 is 1.18 bits per heavy atom. The van der Waals surface area contributed by atoms with E-state index in [2.05, 4.69) is 0 Å². The Hall–Kier alpha value is -0.230. The third-order valence-corrected chi connectivity index (χ3v) is 2.26. The van der Waals surface area contributed by atoms with E-state index in [9.17, 15) is 15.0 Å². The van der Waals surface area contributed by atoms with Crippen LogP contribution in [0, 0.1) is 0 Å². The summed E-state index contributed by atoms with van der Waals surface area (Å²) in [7, 11) is 0. The van der Waals surface area contributed by atoms with Crippen molar-refractivity contribution >= 4 is 22.4 Å². The van der Waals surface area contributed by atoms with Crippen LogP contribution in [0.25, 0.3) is 10.8 Å². The van der Waals surface area contributed by atoms with Gasteiger partial charge in [0.05, 0.1) is 5.97 Å². The van der Waals surface area contributed by atoms with Gasteiger partial charge in [-0.25, -0.2) is 0 Å². The molecule has 0 atom stereocenters. The first-order valence-corrected chi connectivity index (χ1v) is 4.31. The van der Waals surface area contributed by atoms with Crippen molar-refractivity contribution in [1.29, 1.82) is 0 Å². The number of carboxylic acid groups (broad SMARTS) is 1. The summed E-state index contributed by atoms with van der Waals surface area (Å²) in [6, 6.07) is 8.12. The van der Waals surface area contributed by atoms with Gasteiger partial charge in [0.1, 0.15) is 0 Å². The Kier molecular flexibility index (Phi) is 6.55. The van der Waals surface area contributed by atoms with Gasteiger partial charge in [0.2, 0.25) is 0 Å². The summed E-state index contributed by atoms with van der Waals surface area (Å²) >= 11 is 0. The van der Waals surface area contributed by atoms with Crippen LogP contribution in [0.2, 0.25) is 0 Å². The number of hydrogen-bond donors (Lipinski definition) is 1. The van der Waals surface area contributed by atoms with Crippen LogP contribution >= 0.6 is 0 Å². The fourth-order valence-electron chi connectivity index (χ4n) is 1.51. The third-order valence-electron chi connectivity index (χ3n) is 2.26. The van der Waals surface area contributed by atoms with Gasteiger partial charge in [0.15, 0.2) is 0 Å². The summed E-state index contributed by atoms with van der Waals surface area (Å²) in [5, 5.41) is 23.3. The maximum absolute atomic E-state index is 11.5. The molecule has 76 valence electrons. The molecule has 17 heavy (non-hydrogen) atoms. The van der Waals surface area contributed by atoms with Crippen LogP contribution in [0.4, 0.5) is 5.69 Å². The van der Waals surface area contributed by atoms with E-state index in [1.54, 1.807) is 24.3 Å². The molecule has 0 amide bonds. The summed E-state index contributed by atoms with van der Waals surface area (Å²) in [5.41, 5.74) is 5.11. The number of nitrogens with two attached hydrogens (primary N) is 1. The SMILES string of the molecule is Nc1c([O-])c(C(=O)[O-])cc2ccccc12.[Na+].[Na+]. The van der Waals surface area contributed by atoms with Crippen LogP contribution in [-0.4, -0.2) is 5.97 Å². The van der Waals surface area contributed by atoms with Crippen molar-refractivity contribution in [3.8, 4) is 5.75 Å². The average Bonchev–Trinajstić information content (AvgIpc) is 2.23. The normalized spacial score (nSPS) is 9.18. The Labute approximate surface area is 142 Å². The number of aromatic carboxylic acids is 1. The van der Waals surface area contributed by atoms with Gasteiger partial charge in [-0.2, -0.15) is 0 Å². The van der Waals surface area contributed by atoms with Gasteiger partial charge in [-0.3, -0.25) is 0 Å². The van der Waals surface area contributed by atoms with Crippen LogP contribution in [0.5, 0.6) is 5.75 Å².